The first-order chi connectivity index (χ1) is 10.1. The Hall–Kier alpha value is -2.11. The Balaban J connectivity index is 2.13. The van der Waals surface area contributed by atoms with Crippen molar-refractivity contribution >= 4 is 11.6 Å². The highest BCUT2D eigenvalue weighted by atomic mass is 15.3. The first-order valence-corrected chi connectivity index (χ1v) is 7.43. The van der Waals surface area contributed by atoms with Gasteiger partial charge in [0.2, 0.25) is 0 Å². The Kier molecular flexibility index (Phi) is 5.14. The van der Waals surface area contributed by atoms with Gasteiger partial charge in [0.15, 0.2) is 0 Å². The highest BCUT2D eigenvalue weighted by Gasteiger charge is 2.08. The van der Waals surface area contributed by atoms with Crippen molar-refractivity contribution in [2.24, 2.45) is 7.05 Å². The minimum Gasteiger partial charge on any atom is -0.370 e. The lowest BCUT2D eigenvalue weighted by molar-refractivity contribution is 0.718. The molecule has 0 aliphatic rings. The van der Waals surface area contributed by atoms with Crippen molar-refractivity contribution in [2.45, 2.75) is 39.7 Å². The van der Waals surface area contributed by atoms with E-state index in [2.05, 4.69) is 46.5 Å². The quantitative estimate of drug-likeness (QED) is 0.820. The average molecular weight is 288 g/mol. The summed E-state index contributed by atoms with van der Waals surface area (Å²) in [5, 5.41) is 10.8. The highest BCUT2D eigenvalue weighted by Crippen LogP contribution is 2.17. The van der Waals surface area contributed by atoms with E-state index in [1.165, 1.54) is 0 Å². The van der Waals surface area contributed by atoms with Crippen molar-refractivity contribution in [3.8, 4) is 0 Å². The number of aromatic nitrogens is 4. The number of rotatable bonds is 7. The summed E-state index contributed by atoms with van der Waals surface area (Å²) in [5.74, 6) is 2.87. The van der Waals surface area contributed by atoms with Gasteiger partial charge >= 0.3 is 0 Å². The van der Waals surface area contributed by atoms with E-state index in [0.717, 1.165) is 36.1 Å². The van der Waals surface area contributed by atoms with Crippen LogP contribution in [0.15, 0.2) is 18.3 Å². The van der Waals surface area contributed by atoms with E-state index in [9.17, 15) is 0 Å². The lowest BCUT2D eigenvalue weighted by Gasteiger charge is -2.12. The molecule has 0 aromatic carbocycles. The van der Waals surface area contributed by atoms with Crippen LogP contribution in [0.4, 0.5) is 11.6 Å². The van der Waals surface area contributed by atoms with Crippen LogP contribution >= 0.6 is 0 Å². The largest absolute Gasteiger partial charge is 0.370 e. The third kappa shape index (κ3) is 4.18. The summed E-state index contributed by atoms with van der Waals surface area (Å²) < 4.78 is 1.85. The Morgan fingerprint density at radius 3 is 2.48 bits per heavy atom. The molecule has 21 heavy (non-hydrogen) atoms. The summed E-state index contributed by atoms with van der Waals surface area (Å²) in [4.78, 5) is 9.13. The third-order valence-electron chi connectivity index (χ3n) is 3.19. The van der Waals surface area contributed by atoms with Crippen molar-refractivity contribution in [2.75, 3.05) is 17.2 Å². The molecule has 2 aromatic rings. The molecule has 0 aliphatic heterocycles. The van der Waals surface area contributed by atoms with Crippen molar-refractivity contribution < 1.29 is 0 Å². The molecule has 0 atom stereocenters. The summed E-state index contributed by atoms with van der Waals surface area (Å²) in [6, 6.07) is 3.95. The van der Waals surface area contributed by atoms with Crippen LogP contribution in [-0.4, -0.2) is 26.3 Å². The minimum absolute atomic E-state index is 0.297. The van der Waals surface area contributed by atoms with Crippen molar-refractivity contribution in [3.05, 3.63) is 29.8 Å². The van der Waals surface area contributed by atoms with E-state index in [0.29, 0.717) is 12.5 Å². The second-order valence-electron chi connectivity index (χ2n) is 5.38. The normalized spacial score (nSPS) is 10.9. The Morgan fingerprint density at radius 1 is 1.19 bits per heavy atom. The average Bonchev–Trinajstić information content (AvgIpc) is 2.88. The maximum atomic E-state index is 4.58. The zero-order valence-corrected chi connectivity index (χ0v) is 13.2. The molecule has 0 radical (unpaired) electrons. The van der Waals surface area contributed by atoms with Crippen LogP contribution in [-0.2, 0) is 13.6 Å². The van der Waals surface area contributed by atoms with Gasteiger partial charge in [-0.2, -0.15) is 5.10 Å². The van der Waals surface area contributed by atoms with Gasteiger partial charge in [0, 0.05) is 31.8 Å². The maximum Gasteiger partial charge on any atom is 0.135 e. The molecular formula is C15H24N6. The van der Waals surface area contributed by atoms with Gasteiger partial charge in [-0.3, -0.25) is 4.68 Å². The predicted molar refractivity (Wildman–Crippen MR) is 85.4 cm³/mol. The molecule has 0 saturated heterocycles. The van der Waals surface area contributed by atoms with Crippen molar-refractivity contribution in [3.63, 3.8) is 0 Å². The lowest BCUT2D eigenvalue weighted by Crippen LogP contribution is -2.11. The summed E-state index contributed by atoms with van der Waals surface area (Å²) in [7, 11) is 1.94. The molecule has 0 bridgehead atoms. The van der Waals surface area contributed by atoms with Gasteiger partial charge in [0.25, 0.3) is 0 Å². The van der Waals surface area contributed by atoms with Crippen LogP contribution < -0.4 is 10.6 Å². The van der Waals surface area contributed by atoms with Gasteiger partial charge in [0.1, 0.15) is 17.5 Å². The van der Waals surface area contributed by atoms with Gasteiger partial charge in [0.05, 0.1) is 12.2 Å². The second kappa shape index (κ2) is 7.06. The van der Waals surface area contributed by atoms with Crippen LogP contribution in [0.3, 0.4) is 0 Å². The van der Waals surface area contributed by atoms with Gasteiger partial charge < -0.3 is 10.6 Å². The number of nitrogens with zero attached hydrogens (tertiary/aromatic N) is 4. The molecule has 114 valence electrons. The molecule has 0 amide bonds. The van der Waals surface area contributed by atoms with Gasteiger partial charge in [-0.1, -0.05) is 20.8 Å². The molecule has 6 nitrogen and oxygen atoms in total. The molecular weight excluding hydrogens is 264 g/mol. The topological polar surface area (TPSA) is 67.7 Å². The first-order valence-electron chi connectivity index (χ1n) is 7.43. The maximum absolute atomic E-state index is 4.58. The van der Waals surface area contributed by atoms with Crippen molar-refractivity contribution in [1.82, 2.24) is 19.7 Å². The Morgan fingerprint density at radius 2 is 1.90 bits per heavy atom. The molecule has 2 N–H and O–H groups in total. The molecule has 6 heteroatoms. The van der Waals surface area contributed by atoms with Gasteiger partial charge in [-0.25, -0.2) is 9.97 Å². The van der Waals surface area contributed by atoms with E-state index in [1.807, 2.05) is 23.9 Å². The summed E-state index contributed by atoms with van der Waals surface area (Å²) >= 11 is 0. The van der Waals surface area contributed by atoms with E-state index in [1.54, 1.807) is 6.20 Å². The third-order valence-corrected chi connectivity index (χ3v) is 3.19. The standard InChI is InChI=1S/C15H24N6/c1-5-7-16-13-9-14(20-15(19-13)11(2)3)17-10-12-6-8-18-21(12)4/h6,8-9,11H,5,7,10H2,1-4H3,(H2,16,17,19,20). The molecule has 0 spiro atoms. The molecule has 0 aliphatic carbocycles. The number of nitrogens with one attached hydrogen (secondary N) is 2. The molecule has 0 fully saturated rings. The van der Waals surface area contributed by atoms with Gasteiger partial charge in [-0.05, 0) is 12.5 Å². The Labute approximate surface area is 126 Å². The fraction of sp³-hybridized carbons (Fsp3) is 0.533. The fourth-order valence-electron chi connectivity index (χ4n) is 1.91. The summed E-state index contributed by atoms with van der Waals surface area (Å²) in [6.07, 6.45) is 2.86. The minimum atomic E-state index is 0.297. The molecule has 0 unspecified atom stereocenters. The predicted octanol–water partition coefficient (Wildman–Crippen LogP) is 2.77. The van der Waals surface area contributed by atoms with Crippen LogP contribution in [0.5, 0.6) is 0 Å². The number of aryl methyl sites for hydroxylation is 1. The van der Waals surface area contributed by atoms with Gasteiger partial charge in [-0.15, -0.1) is 0 Å². The summed E-state index contributed by atoms with van der Waals surface area (Å²) in [6.45, 7) is 7.95. The fourth-order valence-corrected chi connectivity index (χ4v) is 1.91. The molecule has 0 saturated carbocycles. The summed E-state index contributed by atoms with van der Waals surface area (Å²) in [5.41, 5.74) is 1.11. The lowest BCUT2D eigenvalue weighted by atomic mass is 10.2. The molecule has 2 aromatic heterocycles. The van der Waals surface area contributed by atoms with E-state index in [-0.39, 0.29) is 0 Å². The highest BCUT2D eigenvalue weighted by molar-refractivity contribution is 5.48. The monoisotopic (exact) mass is 288 g/mol. The van der Waals surface area contributed by atoms with Crippen LogP contribution in [0, 0.1) is 0 Å². The van der Waals surface area contributed by atoms with E-state index < -0.39 is 0 Å². The van der Waals surface area contributed by atoms with Crippen LogP contribution in [0.2, 0.25) is 0 Å². The number of hydrogen-bond acceptors (Lipinski definition) is 5. The first kappa shape index (κ1) is 15.3. The smallest absolute Gasteiger partial charge is 0.135 e. The Bertz CT molecular complexity index is 575. The number of anilines is 2. The SMILES string of the molecule is CCCNc1cc(NCc2ccnn2C)nc(C(C)C)n1. The second-order valence-corrected chi connectivity index (χ2v) is 5.38. The number of hydrogen-bond donors (Lipinski definition) is 2. The van der Waals surface area contributed by atoms with Crippen molar-refractivity contribution in [1.29, 1.82) is 0 Å². The zero-order chi connectivity index (χ0) is 15.2. The zero-order valence-electron chi connectivity index (χ0n) is 13.2. The van der Waals surface area contributed by atoms with Crippen LogP contribution in [0.1, 0.15) is 44.6 Å². The van der Waals surface area contributed by atoms with Crippen LogP contribution in [0.25, 0.3) is 0 Å². The molecule has 2 heterocycles. The van der Waals surface area contributed by atoms with E-state index >= 15 is 0 Å². The van der Waals surface area contributed by atoms with E-state index in [4.69, 9.17) is 0 Å². The molecule has 2 rings (SSSR count).